The molecule has 3 nitrogen and oxygen atoms in total. The van der Waals surface area contributed by atoms with E-state index in [-0.39, 0.29) is 6.10 Å². The highest BCUT2D eigenvalue weighted by Crippen LogP contribution is 2.12. The summed E-state index contributed by atoms with van der Waals surface area (Å²) < 4.78 is 1.87. The van der Waals surface area contributed by atoms with E-state index in [1.165, 1.54) is 5.69 Å². The van der Waals surface area contributed by atoms with Crippen LogP contribution in [0.3, 0.4) is 0 Å². The SMILES string of the molecule is CC(C)CSCC(O)CCc1ccnn1C. The molecular weight excluding hydrogens is 220 g/mol. The van der Waals surface area contributed by atoms with Crippen LogP contribution in [0.4, 0.5) is 0 Å². The summed E-state index contributed by atoms with van der Waals surface area (Å²) in [5.41, 5.74) is 1.19. The van der Waals surface area contributed by atoms with Gasteiger partial charge >= 0.3 is 0 Å². The van der Waals surface area contributed by atoms with E-state index >= 15 is 0 Å². The molecule has 4 heteroatoms. The first-order chi connectivity index (χ1) is 7.59. The van der Waals surface area contributed by atoms with Crippen molar-refractivity contribution < 1.29 is 5.11 Å². The molecule has 16 heavy (non-hydrogen) atoms. The highest BCUT2D eigenvalue weighted by Gasteiger charge is 2.07. The second-order valence-corrected chi connectivity index (χ2v) is 5.64. The third-order valence-electron chi connectivity index (χ3n) is 2.42. The summed E-state index contributed by atoms with van der Waals surface area (Å²) in [7, 11) is 1.94. The van der Waals surface area contributed by atoms with Crippen LogP contribution in [0.2, 0.25) is 0 Å². The van der Waals surface area contributed by atoms with Crippen molar-refractivity contribution in [3.8, 4) is 0 Å². The zero-order valence-electron chi connectivity index (χ0n) is 10.4. The highest BCUT2D eigenvalue weighted by atomic mass is 32.2. The van der Waals surface area contributed by atoms with Gasteiger partial charge < -0.3 is 5.11 Å². The first-order valence-electron chi connectivity index (χ1n) is 5.82. The molecule has 0 spiro atoms. The van der Waals surface area contributed by atoms with Crippen LogP contribution in [-0.4, -0.2) is 32.5 Å². The molecule has 1 atom stereocenters. The second kappa shape index (κ2) is 6.97. The Morgan fingerprint density at radius 3 is 2.75 bits per heavy atom. The quantitative estimate of drug-likeness (QED) is 0.796. The third kappa shape index (κ3) is 5.03. The Hall–Kier alpha value is -0.480. The van der Waals surface area contributed by atoms with Crippen molar-refractivity contribution in [3.05, 3.63) is 18.0 Å². The Labute approximate surface area is 102 Å². The first-order valence-corrected chi connectivity index (χ1v) is 6.97. The van der Waals surface area contributed by atoms with Crippen molar-refractivity contribution in [2.45, 2.75) is 32.8 Å². The third-order valence-corrected chi connectivity index (χ3v) is 3.94. The molecule has 0 saturated carbocycles. The van der Waals surface area contributed by atoms with Gasteiger partial charge in [-0.1, -0.05) is 13.8 Å². The summed E-state index contributed by atoms with van der Waals surface area (Å²) in [6, 6.07) is 2.01. The number of aryl methyl sites for hydroxylation is 2. The number of hydrogen-bond acceptors (Lipinski definition) is 3. The molecule has 1 N–H and O–H groups in total. The summed E-state index contributed by atoms with van der Waals surface area (Å²) >= 11 is 1.84. The maximum absolute atomic E-state index is 9.80. The molecule has 1 rings (SSSR count). The molecular formula is C12H22N2OS. The summed E-state index contributed by atoms with van der Waals surface area (Å²) in [5, 5.41) is 13.9. The number of thioether (sulfide) groups is 1. The summed E-state index contributed by atoms with van der Waals surface area (Å²) in [4.78, 5) is 0. The molecule has 1 aromatic rings. The lowest BCUT2D eigenvalue weighted by molar-refractivity contribution is 0.188. The number of aliphatic hydroxyl groups excluding tert-OH is 1. The van der Waals surface area contributed by atoms with Gasteiger partial charge in [-0.15, -0.1) is 0 Å². The van der Waals surface area contributed by atoms with Gasteiger partial charge in [0.1, 0.15) is 0 Å². The summed E-state index contributed by atoms with van der Waals surface area (Å²) in [5.74, 6) is 2.67. The minimum atomic E-state index is -0.196. The number of nitrogens with zero attached hydrogens (tertiary/aromatic N) is 2. The van der Waals surface area contributed by atoms with Crippen LogP contribution >= 0.6 is 11.8 Å². The number of hydrogen-bond donors (Lipinski definition) is 1. The number of aliphatic hydroxyl groups is 1. The smallest absolute Gasteiger partial charge is 0.0634 e. The molecule has 0 amide bonds. The van der Waals surface area contributed by atoms with Gasteiger partial charge in [0, 0.05) is 24.7 Å². The Bertz CT molecular complexity index is 299. The molecule has 1 aromatic heterocycles. The fourth-order valence-corrected chi connectivity index (χ4v) is 2.53. The normalized spacial score (nSPS) is 13.3. The molecule has 0 aromatic carbocycles. The van der Waals surface area contributed by atoms with Gasteiger partial charge in [-0.05, 0) is 30.6 Å². The number of rotatable bonds is 7. The van der Waals surface area contributed by atoms with E-state index in [1.807, 2.05) is 29.6 Å². The molecule has 0 radical (unpaired) electrons. The van der Waals surface area contributed by atoms with Crippen LogP contribution in [0.25, 0.3) is 0 Å². The fourth-order valence-electron chi connectivity index (χ4n) is 1.48. The zero-order valence-corrected chi connectivity index (χ0v) is 11.2. The van der Waals surface area contributed by atoms with E-state index < -0.39 is 0 Å². The van der Waals surface area contributed by atoms with Crippen molar-refractivity contribution >= 4 is 11.8 Å². The Morgan fingerprint density at radius 1 is 1.44 bits per heavy atom. The van der Waals surface area contributed by atoms with E-state index in [1.54, 1.807) is 6.20 Å². The summed E-state index contributed by atoms with van der Waals surface area (Å²) in [6.07, 6.45) is 3.33. The van der Waals surface area contributed by atoms with Crippen LogP contribution in [0, 0.1) is 5.92 Å². The van der Waals surface area contributed by atoms with Gasteiger partial charge in [0.25, 0.3) is 0 Å². The molecule has 0 fully saturated rings. The Balaban J connectivity index is 2.15. The van der Waals surface area contributed by atoms with Crippen LogP contribution in [0.1, 0.15) is 26.0 Å². The molecule has 0 bridgehead atoms. The van der Waals surface area contributed by atoms with E-state index in [4.69, 9.17) is 0 Å². The first kappa shape index (κ1) is 13.6. The van der Waals surface area contributed by atoms with Gasteiger partial charge in [0.05, 0.1) is 6.10 Å². The molecule has 0 aliphatic rings. The van der Waals surface area contributed by atoms with Crippen LogP contribution in [0.5, 0.6) is 0 Å². The lowest BCUT2D eigenvalue weighted by Gasteiger charge is -2.11. The zero-order chi connectivity index (χ0) is 12.0. The van der Waals surface area contributed by atoms with Gasteiger partial charge in [0.2, 0.25) is 0 Å². The average molecular weight is 242 g/mol. The van der Waals surface area contributed by atoms with Crippen molar-refractivity contribution in [2.75, 3.05) is 11.5 Å². The monoisotopic (exact) mass is 242 g/mol. The van der Waals surface area contributed by atoms with E-state index in [0.29, 0.717) is 5.92 Å². The van der Waals surface area contributed by atoms with Crippen molar-refractivity contribution in [3.63, 3.8) is 0 Å². The Kier molecular flexibility index (Phi) is 5.91. The van der Waals surface area contributed by atoms with E-state index in [0.717, 1.165) is 24.3 Å². The van der Waals surface area contributed by atoms with Crippen LogP contribution in [-0.2, 0) is 13.5 Å². The fraction of sp³-hybridized carbons (Fsp3) is 0.750. The van der Waals surface area contributed by atoms with E-state index in [2.05, 4.69) is 18.9 Å². The molecule has 0 aliphatic carbocycles. The maximum Gasteiger partial charge on any atom is 0.0634 e. The Morgan fingerprint density at radius 2 is 2.19 bits per heavy atom. The number of aromatic nitrogens is 2. The highest BCUT2D eigenvalue weighted by molar-refractivity contribution is 7.99. The topological polar surface area (TPSA) is 38.1 Å². The van der Waals surface area contributed by atoms with Gasteiger partial charge in [-0.25, -0.2) is 0 Å². The summed E-state index contributed by atoms with van der Waals surface area (Å²) in [6.45, 7) is 4.41. The second-order valence-electron chi connectivity index (χ2n) is 4.57. The van der Waals surface area contributed by atoms with Crippen molar-refractivity contribution in [1.82, 2.24) is 9.78 Å². The standard InChI is InChI=1S/C12H22N2OS/c1-10(2)8-16-9-12(15)5-4-11-6-7-13-14(11)3/h6-7,10,12,15H,4-5,8-9H2,1-3H3. The lowest BCUT2D eigenvalue weighted by atomic mass is 10.2. The predicted molar refractivity (Wildman–Crippen MR) is 69.7 cm³/mol. The van der Waals surface area contributed by atoms with E-state index in [9.17, 15) is 5.11 Å². The molecule has 92 valence electrons. The van der Waals surface area contributed by atoms with Gasteiger partial charge in [-0.2, -0.15) is 16.9 Å². The molecule has 0 aliphatic heterocycles. The molecule has 1 heterocycles. The average Bonchev–Trinajstić information content (AvgIpc) is 2.60. The van der Waals surface area contributed by atoms with Crippen LogP contribution in [0.15, 0.2) is 12.3 Å². The molecule has 1 unspecified atom stereocenters. The van der Waals surface area contributed by atoms with Gasteiger partial charge in [0.15, 0.2) is 0 Å². The minimum Gasteiger partial charge on any atom is -0.392 e. The predicted octanol–water partition coefficient (Wildman–Crippen LogP) is 2.10. The maximum atomic E-state index is 9.80. The molecule has 0 saturated heterocycles. The van der Waals surface area contributed by atoms with Crippen LogP contribution < -0.4 is 0 Å². The lowest BCUT2D eigenvalue weighted by Crippen LogP contribution is -2.13. The van der Waals surface area contributed by atoms with Gasteiger partial charge in [-0.3, -0.25) is 4.68 Å². The van der Waals surface area contributed by atoms with Crippen molar-refractivity contribution in [2.24, 2.45) is 13.0 Å². The largest absolute Gasteiger partial charge is 0.392 e. The minimum absolute atomic E-state index is 0.196. The van der Waals surface area contributed by atoms with Crippen molar-refractivity contribution in [1.29, 1.82) is 0 Å².